The number of halogens is 1. The average Bonchev–Trinajstić information content (AvgIpc) is 2.41. The molecule has 0 spiro atoms. The first-order chi connectivity index (χ1) is 9.26. The maximum Gasteiger partial charge on any atom is 0.0589 e. The molecule has 0 aliphatic carbocycles. The molecule has 1 N–H and O–H groups in total. The van der Waals surface area contributed by atoms with Gasteiger partial charge in [-0.25, -0.2) is 0 Å². The number of anilines is 1. The van der Waals surface area contributed by atoms with Crippen LogP contribution in [0.1, 0.15) is 0 Å². The summed E-state index contributed by atoms with van der Waals surface area (Å²) in [4.78, 5) is 2.31. The lowest BCUT2D eigenvalue weighted by atomic mass is 10.3. The normalized spacial score (nSPS) is 10.9. The van der Waals surface area contributed by atoms with Crippen LogP contribution < -0.4 is 5.32 Å². The van der Waals surface area contributed by atoms with Crippen LogP contribution in [-0.4, -0.2) is 58.5 Å². The van der Waals surface area contributed by atoms with Crippen LogP contribution in [0.3, 0.4) is 0 Å². The molecule has 0 bridgehead atoms. The Labute approximate surface area is 120 Å². The average molecular weight is 287 g/mol. The summed E-state index contributed by atoms with van der Waals surface area (Å²) in [7, 11) is 3.44. The molecule has 0 fully saturated rings. The Bertz CT molecular complexity index is 342. The van der Waals surface area contributed by atoms with Gasteiger partial charge in [0.25, 0.3) is 0 Å². The SMILES string of the molecule is COCCN(CCNc1cccc(Cl)c1)CCOC. The van der Waals surface area contributed by atoms with Crippen molar-refractivity contribution in [3.05, 3.63) is 29.3 Å². The standard InChI is InChI=1S/C14H23ClN2O2/c1-18-10-8-17(9-11-19-2)7-6-16-14-5-3-4-13(15)12-14/h3-5,12,16H,6-11H2,1-2H3. The lowest BCUT2D eigenvalue weighted by molar-refractivity contribution is 0.116. The summed E-state index contributed by atoms with van der Waals surface area (Å²) in [5.74, 6) is 0. The highest BCUT2D eigenvalue weighted by Gasteiger charge is 2.04. The Kier molecular flexibility index (Phi) is 8.58. The van der Waals surface area contributed by atoms with Crippen molar-refractivity contribution in [2.24, 2.45) is 0 Å². The highest BCUT2D eigenvalue weighted by Crippen LogP contribution is 2.14. The first kappa shape index (κ1) is 16.2. The number of ether oxygens (including phenoxy) is 2. The Morgan fingerprint density at radius 3 is 2.37 bits per heavy atom. The molecule has 0 atom stereocenters. The van der Waals surface area contributed by atoms with Gasteiger partial charge in [-0.15, -0.1) is 0 Å². The van der Waals surface area contributed by atoms with Crippen molar-refractivity contribution in [2.45, 2.75) is 0 Å². The van der Waals surface area contributed by atoms with Crippen molar-refractivity contribution in [2.75, 3.05) is 58.9 Å². The van der Waals surface area contributed by atoms with Crippen LogP contribution in [0, 0.1) is 0 Å². The van der Waals surface area contributed by atoms with Crippen molar-refractivity contribution in [1.29, 1.82) is 0 Å². The second-order valence-corrected chi connectivity index (χ2v) is 4.70. The molecule has 19 heavy (non-hydrogen) atoms. The third-order valence-electron chi connectivity index (χ3n) is 2.81. The Hall–Kier alpha value is -0.810. The molecule has 0 radical (unpaired) electrons. The summed E-state index contributed by atoms with van der Waals surface area (Å²) in [5, 5.41) is 4.11. The minimum atomic E-state index is 0.737. The van der Waals surface area contributed by atoms with Gasteiger partial charge >= 0.3 is 0 Å². The Morgan fingerprint density at radius 1 is 1.11 bits per heavy atom. The number of nitrogens with one attached hydrogen (secondary N) is 1. The highest BCUT2D eigenvalue weighted by molar-refractivity contribution is 6.30. The highest BCUT2D eigenvalue weighted by atomic mass is 35.5. The zero-order valence-corrected chi connectivity index (χ0v) is 12.4. The van der Waals surface area contributed by atoms with E-state index in [4.69, 9.17) is 21.1 Å². The second kappa shape index (κ2) is 10.0. The van der Waals surface area contributed by atoms with Gasteiger partial charge in [-0.05, 0) is 18.2 Å². The molecule has 0 aliphatic rings. The minimum Gasteiger partial charge on any atom is -0.384 e. The number of hydrogen-bond donors (Lipinski definition) is 1. The molecular formula is C14H23ClN2O2. The smallest absolute Gasteiger partial charge is 0.0589 e. The molecule has 5 heteroatoms. The molecule has 0 saturated carbocycles. The van der Waals surface area contributed by atoms with Crippen LogP contribution in [0.5, 0.6) is 0 Å². The third-order valence-corrected chi connectivity index (χ3v) is 3.04. The van der Waals surface area contributed by atoms with E-state index in [0.717, 1.165) is 50.1 Å². The summed E-state index contributed by atoms with van der Waals surface area (Å²) in [5.41, 5.74) is 1.05. The van der Waals surface area contributed by atoms with E-state index in [1.165, 1.54) is 0 Å². The molecule has 0 amide bonds. The number of methoxy groups -OCH3 is 2. The summed E-state index contributed by atoms with van der Waals surface area (Å²) >= 11 is 5.94. The number of hydrogen-bond acceptors (Lipinski definition) is 4. The summed E-state index contributed by atoms with van der Waals surface area (Å²) in [6.07, 6.45) is 0. The molecule has 0 saturated heterocycles. The molecule has 0 unspecified atom stereocenters. The van der Waals surface area contributed by atoms with Crippen LogP contribution >= 0.6 is 11.6 Å². The lowest BCUT2D eigenvalue weighted by Gasteiger charge is -2.22. The topological polar surface area (TPSA) is 33.7 Å². The third kappa shape index (κ3) is 7.38. The van der Waals surface area contributed by atoms with Gasteiger partial charge in [0, 0.05) is 51.1 Å². The van der Waals surface area contributed by atoms with Gasteiger partial charge in [0.1, 0.15) is 0 Å². The van der Waals surface area contributed by atoms with Crippen molar-refractivity contribution >= 4 is 17.3 Å². The van der Waals surface area contributed by atoms with Crippen LogP contribution in [0.4, 0.5) is 5.69 Å². The first-order valence-electron chi connectivity index (χ1n) is 6.46. The Balaban J connectivity index is 2.29. The van der Waals surface area contributed by atoms with E-state index in [-0.39, 0.29) is 0 Å². The quantitative estimate of drug-likeness (QED) is 0.716. The van der Waals surface area contributed by atoms with E-state index >= 15 is 0 Å². The van der Waals surface area contributed by atoms with Crippen LogP contribution in [-0.2, 0) is 9.47 Å². The van der Waals surface area contributed by atoms with Gasteiger partial charge in [0.2, 0.25) is 0 Å². The van der Waals surface area contributed by atoms with Gasteiger partial charge in [0.05, 0.1) is 13.2 Å². The van der Waals surface area contributed by atoms with Crippen molar-refractivity contribution in [3.63, 3.8) is 0 Å². The fourth-order valence-electron chi connectivity index (χ4n) is 1.73. The molecule has 0 aliphatic heterocycles. The van der Waals surface area contributed by atoms with Crippen LogP contribution in [0.15, 0.2) is 24.3 Å². The molecule has 1 aromatic rings. The predicted octanol–water partition coefficient (Wildman–Crippen LogP) is 2.35. The maximum atomic E-state index is 5.94. The van der Waals surface area contributed by atoms with E-state index in [9.17, 15) is 0 Å². The van der Waals surface area contributed by atoms with Crippen molar-refractivity contribution in [3.8, 4) is 0 Å². The molecular weight excluding hydrogens is 264 g/mol. The van der Waals surface area contributed by atoms with Gasteiger partial charge in [-0.2, -0.15) is 0 Å². The molecule has 108 valence electrons. The monoisotopic (exact) mass is 286 g/mol. The van der Waals surface area contributed by atoms with E-state index in [0.29, 0.717) is 0 Å². The maximum absolute atomic E-state index is 5.94. The first-order valence-corrected chi connectivity index (χ1v) is 6.83. The summed E-state index contributed by atoms with van der Waals surface area (Å²) < 4.78 is 10.2. The molecule has 0 heterocycles. The fourth-order valence-corrected chi connectivity index (χ4v) is 1.92. The van der Waals surface area contributed by atoms with Gasteiger partial charge in [-0.1, -0.05) is 17.7 Å². The zero-order valence-electron chi connectivity index (χ0n) is 11.7. The zero-order chi connectivity index (χ0) is 13.9. The number of benzene rings is 1. The van der Waals surface area contributed by atoms with Crippen LogP contribution in [0.2, 0.25) is 5.02 Å². The summed E-state index contributed by atoms with van der Waals surface area (Å²) in [6, 6.07) is 7.76. The van der Waals surface area contributed by atoms with Crippen molar-refractivity contribution in [1.82, 2.24) is 4.90 Å². The largest absolute Gasteiger partial charge is 0.384 e. The van der Waals surface area contributed by atoms with Crippen molar-refractivity contribution < 1.29 is 9.47 Å². The number of rotatable bonds is 10. The van der Waals surface area contributed by atoms with E-state index < -0.39 is 0 Å². The molecule has 4 nitrogen and oxygen atoms in total. The molecule has 1 rings (SSSR count). The second-order valence-electron chi connectivity index (χ2n) is 4.26. The number of nitrogens with zero attached hydrogens (tertiary/aromatic N) is 1. The van der Waals surface area contributed by atoms with E-state index in [1.807, 2.05) is 24.3 Å². The minimum absolute atomic E-state index is 0.737. The van der Waals surface area contributed by atoms with Gasteiger partial charge < -0.3 is 14.8 Å². The Morgan fingerprint density at radius 2 is 1.79 bits per heavy atom. The summed E-state index contributed by atoms with van der Waals surface area (Å²) in [6.45, 7) is 5.11. The van der Waals surface area contributed by atoms with E-state index in [1.54, 1.807) is 14.2 Å². The van der Waals surface area contributed by atoms with E-state index in [2.05, 4.69) is 10.2 Å². The van der Waals surface area contributed by atoms with Gasteiger partial charge in [-0.3, -0.25) is 4.90 Å². The predicted molar refractivity (Wildman–Crippen MR) is 80.1 cm³/mol. The fraction of sp³-hybridized carbons (Fsp3) is 0.571. The lowest BCUT2D eigenvalue weighted by Crippen LogP contribution is -2.34. The van der Waals surface area contributed by atoms with Gasteiger partial charge in [0.15, 0.2) is 0 Å². The van der Waals surface area contributed by atoms with Crippen LogP contribution in [0.25, 0.3) is 0 Å². The molecule has 0 aromatic heterocycles. The molecule has 1 aromatic carbocycles.